The molecular weight excluding hydrogens is 345 g/mol. The summed E-state index contributed by atoms with van der Waals surface area (Å²) in [6.45, 7) is 0.129. The maximum atomic E-state index is 12.5. The standard InChI is InChI=1S/C19H19F3N2O2/c20-19(21,22)14-7-4-12(5-8-14)11-23-18(26)24-17-3-1-2-13-6-9-15(25)10-16(13)17/h4-10,17,25H,1-3,11H2,(H2,23,24,26)/t17-/m1/s1. The number of carbonyl (C=O) groups is 1. The topological polar surface area (TPSA) is 61.4 Å². The second kappa shape index (κ2) is 7.27. The van der Waals surface area contributed by atoms with Crippen LogP contribution in [0.4, 0.5) is 18.0 Å². The molecule has 0 aromatic heterocycles. The van der Waals surface area contributed by atoms with Gasteiger partial charge in [-0.25, -0.2) is 4.79 Å². The van der Waals surface area contributed by atoms with Gasteiger partial charge < -0.3 is 15.7 Å². The molecule has 0 saturated heterocycles. The Bertz CT molecular complexity index is 788. The summed E-state index contributed by atoms with van der Waals surface area (Å²) < 4.78 is 37.6. The molecule has 0 radical (unpaired) electrons. The molecule has 138 valence electrons. The summed E-state index contributed by atoms with van der Waals surface area (Å²) in [6, 6.07) is 9.24. The first-order valence-corrected chi connectivity index (χ1v) is 8.35. The lowest BCUT2D eigenvalue weighted by Gasteiger charge is -2.26. The number of carbonyl (C=O) groups excluding carboxylic acids is 1. The van der Waals surface area contributed by atoms with Crippen molar-refractivity contribution in [1.82, 2.24) is 10.6 Å². The zero-order chi connectivity index (χ0) is 18.7. The lowest BCUT2D eigenvalue weighted by Crippen LogP contribution is -2.38. The number of aromatic hydroxyl groups is 1. The van der Waals surface area contributed by atoms with Gasteiger partial charge in [0.1, 0.15) is 5.75 Å². The quantitative estimate of drug-likeness (QED) is 0.761. The Morgan fingerprint density at radius 1 is 1.15 bits per heavy atom. The SMILES string of the molecule is O=C(NCc1ccc(C(F)(F)F)cc1)N[C@@H]1CCCc2ccc(O)cc21. The number of nitrogens with one attached hydrogen (secondary N) is 2. The molecule has 4 nitrogen and oxygen atoms in total. The molecule has 2 amide bonds. The van der Waals surface area contributed by atoms with Crippen LogP contribution in [-0.2, 0) is 19.1 Å². The van der Waals surface area contributed by atoms with E-state index in [0.717, 1.165) is 42.5 Å². The van der Waals surface area contributed by atoms with Crippen molar-refractivity contribution in [2.45, 2.75) is 38.0 Å². The van der Waals surface area contributed by atoms with Crippen LogP contribution >= 0.6 is 0 Å². The highest BCUT2D eigenvalue weighted by Gasteiger charge is 2.30. The fourth-order valence-corrected chi connectivity index (χ4v) is 3.14. The van der Waals surface area contributed by atoms with Crippen molar-refractivity contribution in [3.8, 4) is 5.75 Å². The number of fused-ring (bicyclic) bond motifs is 1. The van der Waals surface area contributed by atoms with Crippen LogP contribution in [0.15, 0.2) is 42.5 Å². The first-order chi connectivity index (χ1) is 12.3. The molecule has 7 heteroatoms. The van der Waals surface area contributed by atoms with E-state index in [2.05, 4.69) is 10.6 Å². The fourth-order valence-electron chi connectivity index (χ4n) is 3.14. The molecule has 3 N–H and O–H groups in total. The van der Waals surface area contributed by atoms with Crippen molar-refractivity contribution in [2.24, 2.45) is 0 Å². The lowest BCUT2D eigenvalue weighted by atomic mass is 9.87. The van der Waals surface area contributed by atoms with Gasteiger partial charge in [0.25, 0.3) is 0 Å². The molecule has 0 bridgehead atoms. The van der Waals surface area contributed by atoms with Gasteiger partial charge in [-0.15, -0.1) is 0 Å². The number of halogens is 3. The van der Waals surface area contributed by atoms with E-state index in [9.17, 15) is 23.1 Å². The Hall–Kier alpha value is -2.70. The van der Waals surface area contributed by atoms with E-state index in [1.807, 2.05) is 6.07 Å². The van der Waals surface area contributed by atoms with Crippen molar-refractivity contribution in [3.63, 3.8) is 0 Å². The van der Waals surface area contributed by atoms with Gasteiger partial charge in [0, 0.05) is 6.54 Å². The van der Waals surface area contributed by atoms with E-state index in [0.29, 0.717) is 5.56 Å². The Morgan fingerprint density at radius 3 is 2.58 bits per heavy atom. The van der Waals surface area contributed by atoms with Crippen LogP contribution in [0.1, 0.15) is 41.1 Å². The van der Waals surface area contributed by atoms with Crippen LogP contribution < -0.4 is 10.6 Å². The third kappa shape index (κ3) is 4.28. The Kier molecular flexibility index (Phi) is 5.06. The Morgan fingerprint density at radius 2 is 1.88 bits per heavy atom. The molecule has 26 heavy (non-hydrogen) atoms. The van der Waals surface area contributed by atoms with Gasteiger partial charge in [0.15, 0.2) is 0 Å². The zero-order valence-electron chi connectivity index (χ0n) is 13.9. The average Bonchev–Trinajstić information content (AvgIpc) is 2.60. The zero-order valence-corrected chi connectivity index (χ0v) is 13.9. The van der Waals surface area contributed by atoms with Gasteiger partial charge >= 0.3 is 12.2 Å². The monoisotopic (exact) mass is 364 g/mol. The number of phenols is 1. The summed E-state index contributed by atoms with van der Waals surface area (Å²) in [4.78, 5) is 12.1. The largest absolute Gasteiger partial charge is 0.508 e. The van der Waals surface area contributed by atoms with Crippen molar-refractivity contribution in [1.29, 1.82) is 0 Å². The van der Waals surface area contributed by atoms with Crippen LogP contribution in [0.3, 0.4) is 0 Å². The smallest absolute Gasteiger partial charge is 0.416 e. The summed E-state index contributed by atoms with van der Waals surface area (Å²) in [5.41, 5.74) is 1.86. The molecule has 2 aromatic carbocycles. The Labute approximate surface area is 149 Å². The molecule has 0 saturated carbocycles. The minimum atomic E-state index is -4.37. The molecule has 0 spiro atoms. The maximum Gasteiger partial charge on any atom is 0.416 e. The molecule has 0 unspecified atom stereocenters. The summed E-state index contributed by atoms with van der Waals surface area (Å²) in [7, 11) is 0. The molecule has 1 atom stereocenters. The fraction of sp³-hybridized carbons (Fsp3) is 0.316. The number of aryl methyl sites for hydroxylation is 1. The van der Waals surface area contributed by atoms with Crippen LogP contribution in [-0.4, -0.2) is 11.1 Å². The number of benzene rings is 2. The second-order valence-corrected chi connectivity index (χ2v) is 6.35. The van der Waals surface area contributed by atoms with Gasteiger partial charge in [-0.05, 0) is 60.2 Å². The number of alkyl halides is 3. The summed E-state index contributed by atoms with van der Waals surface area (Å²) >= 11 is 0. The minimum Gasteiger partial charge on any atom is -0.508 e. The minimum absolute atomic E-state index is 0.129. The number of rotatable bonds is 3. The Balaban J connectivity index is 1.58. The molecule has 1 aliphatic rings. The first-order valence-electron chi connectivity index (χ1n) is 8.35. The number of hydrogen-bond acceptors (Lipinski definition) is 2. The third-order valence-corrected chi connectivity index (χ3v) is 4.48. The average molecular weight is 364 g/mol. The number of phenolic OH excluding ortho intramolecular Hbond substituents is 1. The molecule has 0 fully saturated rings. The molecule has 0 heterocycles. The summed E-state index contributed by atoms with van der Waals surface area (Å²) in [5, 5.41) is 15.2. The summed E-state index contributed by atoms with van der Waals surface area (Å²) in [5.74, 6) is 0.155. The molecule has 1 aliphatic carbocycles. The lowest BCUT2D eigenvalue weighted by molar-refractivity contribution is -0.137. The second-order valence-electron chi connectivity index (χ2n) is 6.35. The van der Waals surface area contributed by atoms with Crippen molar-refractivity contribution in [3.05, 3.63) is 64.7 Å². The van der Waals surface area contributed by atoms with Gasteiger partial charge in [0.2, 0.25) is 0 Å². The van der Waals surface area contributed by atoms with E-state index >= 15 is 0 Å². The predicted octanol–water partition coefficient (Wildman–Crippen LogP) is 4.29. The van der Waals surface area contributed by atoms with Gasteiger partial charge in [0.05, 0.1) is 11.6 Å². The van der Waals surface area contributed by atoms with E-state index < -0.39 is 17.8 Å². The maximum absolute atomic E-state index is 12.5. The van der Waals surface area contributed by atoms with Crippen LogP contribution in [0, 0.1) is 0 Å². The highest BCUT2D eigenvalue weighted by atomic mass is 19.4. The third-order valence-electron chi connectivity index (χ3n) is 4.48. The first kappa shape index (κ1) is 18.1. The van der Waals surface area contributed by atoms with Crippen molar-refractivity contribution in [2.75, 3.05) is 0 Å². The number of hydrogen-bond donors (Lipinski definition) is 3. The van der Waals surface area contributed by atoms with Gasteiger partial charge in [-0.1, -0.05) is 18.2 Å². The highest BCUT2D eigenvalue weighted by molar-refractivity contribution is 5.74. The van der Waals surface area contributed by atoms with Gasteiger partial charge in [-0.2, -0.15) is 13.2 Å². The number of urea groups is 1. The molecule has 3 rings (SSSR count). The van der Waals surface area contributed by atoms with E-state index in [4.69, 9.17) is 0 Å². The molecular formula is C19H19F3N2O2. The number of amides is 2. The normalized spacial score (nSPS) is 16.7. The molecule has 0 aliphatic heterocycles. The van der Waals surface area contributed by atoms with Crippen molar-refractivity contribution < 1.29 is 23.1 Å². The van der Waals surface area contributed by atoms with E-state index in [1.54, 1.807) is 12.1 Å². The van der Waals surface area contributed by atoms with Crippen molar-refractivity contribution >= 4 is 6.03 Å². The van der Waals surface area contributed by atoms with E-state index in [-0.39, 0.29) is 18.3 Å². The van der Waals surface area contributed by atoms with E-state index in [1.165, 1.54) is 12.1 Å². The molecule has 2 aromatic rings. The van der Waals surface area contributed by atoms with Gasteiger partial charge in [-0.3, -0.25) is 0 Å². The van der Waals surface area contributed by atoms with Crippen LogP contribution in [0.5, 0.6) is 5.75 Å². The highest BCUT2D eigenvalue weighted by Crippen LogP contribution is 2.32. The summed E-state index contributed by atoms with van der Waals surface area (Å²) in [6.07, 6.45) is -1.77. The van der Waals surface area contributed by atoms with Crippen LogP contribution in [0.2, 0.25) is 0 Å². The van der Waals surface area contributed by atoms with Crippen LogP contribution in [0.25, 0.3) is 0 Å². The predicted molar refractivity (Wildman–Crippen MR) is 90.6 cm³/mol.